The van der Waals surface area contributed by atoms with Crippen LogP contribution in [0.5, 0.6) is 0 Å². The highest BCUT2D eigenvalue weighted by Crippen LogP contribution is 2.29. The van der Waals surface area contributed by atoms with Gasteiger partial charge in [-0.05, 0) is 41.5 Å². The molecule has 0 saturated carbocycles. The molecule has 0 fully saturated rings. The molecule has 0 aliphatic heterocycles. The number of aryl methyl sites for hydroxylation is 3. The predicted molar refractivity (Wildman–Crippen MR) is 81.3 cm³/mol. The number of benzene rings is 1. The average molecular weight is 292 g/mol. The van der Waals surface area contributed by atoms with E-state index in [0.717, 1.165) is 36.0 Å². The van der Waals surface area contributed by atoms with Gasteiger partial charge in [0, 0.05) is 0 Å². The molecule has 0 aromatic heterocycles. The molecule has 21 heavy (non-hydrogen) atoms. The summed E-state index contributed by atoms with van der Waals surface area (Å²) in [4.78, 5) is 24.2. The molecular weight excluding hydrogens is 268 g/mol. The van der Waals surface area contributed by atoms with Crippen molar-refractivity contribution in [3.63, 3.8) is 0 Å². The molecule has 0 unspecified atom stereocenters. The minimum Gasteiger partial charge on any atom is -0.468 e. The largest absolute Gasteiger partial charge is 0.468 e. The Labute approximate surface area is 126 Å². The van der Waals surface area contributed by atoms with E-state index in [2.05, 4.69) is 19.1 Å². The highest BCUT2D eigenvalue weighted by atomic mass is 16.5. The van der Waals surface area contributed by atoms with Gasteiger partial charge in [-0.2, -0.15) is 0 Å². The Kier molecular flexibility index (Phi) is 6.40. The SMILES string of the molecule is CCc1cc(CC)c(C(C(=O)OC)C(=O)OC)c(CC)c1. The van der Waals surface area contributed by atoms with Crippen LogP contribution in [0, 0.1) is 0 Å². The standard InChI is InChI=1S/C17H24O4/c1-6-11-9-12(7-2)14(13(8-3)10-11)15(16(18)20-4)17(19)21-5/h9-10,15H,6-8H2,1-5H3. The van der Waals surface area contributed by atoms with Crippen molar-refractivity contribution < 1.29 is 19.1 Å². The van der Waals surface area contributed by atoms with Gasteiger partial charge in [-0.25, -0.2) is 0 Å². The average Bonchev–Trinajstić information content (AvgIpc) is 2.53. The maximum absolute atomic E-state index is 12.1. The van der Waals surface area contributed by atoms with Gasteiger partial charge in [-0.1, -0.05) is 32.9 Å². The minimum absolute atomic E-state index is 0.574. The van der Waals surface area contributed by atoms with E-state index in [0.29, 0.717) is 0 Å². The van der Waals surface area contributed by atoms with Crippen LogP contribution < -0.4 is 0 Å². The van der Waals surface area contributed by atoms with Gasteiger partial charge >= 0.3 is 11.9 Å². The van der Waals surface area contributed by atoms with Crippen molar-refractivity contribution in [1.29, 1.82) is 0 Å². The van der Waals surface area contributed by atoms with Crippen LogP contribution in [0.25, 0.3) is 0 Å². The summed E-state index contributed by atoms with van der Waals surface area (Å²) in [5, 5.41) is 0. The lowest BCUT2D eigenvalue weighted by Gasteiger charge is -2.21. The normalized spacial score (nSPS) is 10.6. The van der Waals surface area contributed by atoms with Gasteiger partial charge in [0.15, 0.2) is 5.92 Å². The summed E-state index contributed by atoms with van der Waals surface area (Å²) < 4.78 is 9.61. The van der Waals surface area contributed by atoms with Gasteiger partial charge in [0.1, 0.15) is 0 Å². The molecule has 0 N–H and O–H groups in total. The van der Waals surface area contributed by atoms with Crippen molar-refractivity contribution in [2.75, 3.05) is 14.2 Å². The van der Waals surface area contributed by atoms with Crippen LogP contribution >= 0.6 is 0 Å². The smallest absolute Gasteiger partial charge is 0.324 e. The Morgan fingerprint density at radius 3 is 1.62 bits per heavy atom. The molecule has 0 aliphatic rings. The van der Waals surface area contributed by atoms with Gasteiger partial charge < -0.3 is 9.47 Å². The number of methoxy groups -OCH3 is 2. The summed E-state index contributed by atoms with van der Waals surface area (Å²) in [6.07, 6.45) is 2.42. The molecule has 4 heteroatoms. The van der Waals surface area contributed by atoms with E-state index in [1.54, 1.807) is 0 Å². The van der Waals surface area contributed by atoms with Crippen LogP contribution in [0.2, 0.25) is 0 Å². The molecule has 0 aliphatic carbocycles. The molecule has 0 saturated heterocycles. The number of hydrogen-bond donors (Lipinski definition) is 0. The van der Waals surface area contributed by atoms with Crippen LogP contribution in [-0.2, 0) is 38.3 Å². The first kappa shape index (κ1) is 17.2. The summed E-state index contributed by atoms with van der Waals surface area (Å²) in [6, 6.07) is 4.13. The number of esters is 2. The molecule has 1 rings (SSSR count). The Morgan fingerprint density at radius 2 is 1.33 bits per heavy atom. The van der Waals surface area contributed by atoms with Gasteiger partial charge in [0.2, 0.25) is 0 Å². The maximum Gasteiger partial charge on any atom is 0.324 e. The zero-order valence-corrected chi connectivity index (χ0v) is 13.5. The molecule has 0 bridgehead atoms. The lowest BCUT2D eigenvalue weighted by molar-refractivity contribution is -0.154. The van der Waals surface area contributed by atoms with Crippen LogP contribution in [0.4, 0.5) is 0 Å². The van der Waals surface area contributed by atoms with Crippen LogP contribution in [0.3, 0.4) is 0 Å². The lowest BCUT2D eigenvalue weighted by Crippen LogP contribution is -2.26. The van der Waals surface area contributed by atoms with Gasteiger partial charge in [0.05, 0.1) is 14.2 Å². The zero-order valence-electron chi connectivity index (χ0n) is 13.5. The third-order valence-electron chi connectivity index (χ3n) is 3.74. The van der Waals surface area contributed by atoms with Crippen molar-refractivity contribution in [1.82, 2.24) is 0 Å². The van der Waals surface area contributed by atoms with Gasteiger partial charge in [-0.15, -0.1) is 0 Å². The van der Waals surface area contributed by atoms with E-state index in [9.17, 15) is 9.59 Å². The van der Waals surface area contributed by atoms with E-state index in [-0.39, 0.29) is 0 Å². The van der Waals surface area contributed by atoms with E-state index < -0.39 is 17.9 Å². The lowest BCUT2D eigenvalue weighted by atomic mass is 9.85. The van der Waals surface area contributed by atoms with E-state index in [1.165, 1.54) is 19.8 Å². The molecule has 1 aromatic carbocycles. The van der Waals surface area contributed by atoms with Crippen molar-refractivity contribution in [2.45, 2.75) is 46.0 Å². The second-order valence-corrected chi connectivity index (χ2v) is 4.87. The monoisotopic (exact) mass is 292 g/mol. The Bertz CT molecular complexity index is 479. The molecule has 4 nitrogen and oxygen atoms in total. The summed E-state index contributed by atoms with van der Waals surface area (Å²) in [5.74, 6) is -2.15. The fourth-order valence-electron chi connectivity index (χ4n) is 2.58. The second kappa shape index (κ2) is 7.81. The van der Waals surface area contributed by atoms with Crippen molar-refractivity contribution >= 4 is 11.9 Å². The fourth-order valence-corrected chi connectivity index (χ4v) is 2.58. The van der Waals surface area contributed by atoms with Crippen molar-refractivity contribution in [3.8, 4) is 0 Å². The first-order chi connectivity index (χ1) is 10.0. The fraction of sp³-hybridized carbons (Fsp3) is 0.529. The van der Waals surface area contributed by atoms with E-state index in [4.69, 9.17) is 9.47 Å². The topological polar surface area (TPSA) is 52.6 Å². The Hall–Kier alpha value is -1.84. The van der Waals surface area contributed by atoms with Gasteiger partial charge in [-0.3, -0.25) is 9.59 Å². The molecule has 0 heterocycles. The van der Waals surface area contributed by atoms with Crippen LogP contribution in [0.15, 0.2) is 12.1 Å². The van der Waals surface area contributed by atoms with Crippen LogP contribution in [-0.4, -0.2) is 26.2 Å². The first-order valence-electron chi connectivity index (χ1n) is 7.34. The Morgan fingerprint density at radius 1 is 0.905 bits per heavy atom. The number of carbonyl (C=O) groups is 2. The number of ether oxygens (including phenoxy) is 2. The third kappa shape index (κ3) is 3.63. The van der Waals surface area contributed by atoms with E-state index in [1.807, 2.05) is 13.8 Å². The molecule has 0 atom stereocenters. The molecule has 0 radical (unpaired) electrons. The Balaban J connectivity index is 3.55. The molecule has 116 valence electrons. The highest BCUT2D eigenvalue weighted by Gasteiger charge is 2.34. The maximum atomic E-state index is 12.1. The van der Waals surface area contributed by atoms with Crippen LogP contribution in [0.1, 0.15) is 48.9 Å². The summed E-state index contributed by atoms with van der Waals surface area (Å²) in [6.45, 7) is 6.12. The minimum atomic E-state index is -1.00. The predicted octanol–water partition coefficient (Wildman–Crippen LogP) is 2.80. The zero-order chi connectivity index (χ0) is 16.0. The third-order valence-corrected chi connectivity index (χ3v) is 3.74. The summed E-state index contributed by atoms with van der Waals surface area (Å²) >= 11 is 0. The van der Waals surface area contributed by atoms with E-state index >= 15 is 0 Å². The van der Waals surface area contributed by atoms with Crippen molar-refractivity contribution in [3.05, 3.63) is 34.4 Å². The molecule has 1 aromatic rings. The molecular formula is C17H24O4. The molecule has 0 amide bonds. The second-order valence-electron chi connectivity index (χ2n) is 4.87. The first-order valence-corrected chi connectivity index (χ1v) is 7.34. The highest BCUT2D eigenvalue weighted by molar-refractivity contribution is 6.01. The van der Waals surface area contributed by atoms with Crippen molar-refractivity contribution in [2.24, 2.45) is 0 Å². The van der Waals surface area contributed by atoms with Gasteiger partial charge in [0.25, 0.3) is 0 Å². The number of rotatable bonds is 6. The summed E-state index contributed by atoms with van der Waals surface area (Å²) in [5.41, 5.74) is 3.97. The quantitative estimate of drug-likeness (QED) is 0.597. The number of carbonyl (C=O) groups excluding carboxylic acids is 2. The number of hydrogen-bond acceptors (Lipinski definition) is 4. The molecule has 0 spiro atoms. The summed E-state index contributed by atoms with van der Waals surface area (Å²) in [7, 11) is 2.58.